The molecule has 2 fully saturated rings. The van der Waals surface area contributed by atoms with Crippen LogP contribution in [0.3, 0.4) is 0 Å². The van der Waals surface area contributed by atoms with Crippen LogP contribution in [0.5, 0.6) is 0 Å². The van der Waals surface area contributed by atoms with E-state index in [1.807, 2.05) is 0 Å². The average Bonchev–Trinajstić information content (AvgIpc) is 2.82. The van der Waals surface area contributed by atoms with E-state index in [2.05, 4.69) is 5.92 Å². The van der Waals surface area contributed by atoms with Gasteiger partial charge in [-0.05, 0) is 30.5 Å². The van der Waals surface area contributed by atoms with Gasteiger partial charge < -0.3 is 15.4 Å². The summed E-state index contributed by atoms with van der Waals surface area (Å²) in [6, 6.07) is 9.68. The lowest BCUT2D eigenvalue weighted by Gasteiger charge is -2.49. The number of nitrogens with zero attached hydrogens (tertiary/aromatic N) is 2. The maximum atomic E-state index is 15.4. The van der Waals surface area contributed by atoms with Gasteiger partial charge in [-0.1, -0.05) is 36.3 Å². The molecule has 2 heterocycles. The third kappa shape index (κ3) is 5.09. The van der Waals surface area contributed by atoms with E-state index in [0.29, 0.717) is 18.4 Å². The van der Waals surface area contributed by atoms with Gasteiger partial charge in [-0.25, -0.2) is 17.2 Å². The number of sulfonamides is 1. The standard InChI is InChI=1S/C26H27F2N3O5S/c1-3-20-9-10-24(18-7-5-4-6-8-18)37(34,35)31(20)13-19-11-23(28)21(12-22(19)27)26(36-14-25(29)33)15-30(16-26)17(2)32/h1,4-8,11-12,20,24H,9-10,13-16H2,2H3,(H2,29,33)/t20-,24+/m0/s1. The molecule has 2 N–H and O–H groups in total. The number of rotatable bonds is 7. The van der Waals surface area contributed by atoms with Crippen LogP contribution in [0.15, 0.2) is 42.5 Å². The molecule has 2 aromatic rings. The molecule has 11 heteroatoms. The number of halogens is 2. The molecular weight excluding hydrogens is 504 g/mol. The lowest BCUT2D eigenvalue weighted by Crippen LogP contribution is -2.63. The van der Waals surface area contributed by atoms with E-state index in [0.717, 1.165) is 16.4 Å². The van der Waals surface area contributed by atoms with Gasteiger partial charge in [0.1, 0.15) is 29.1 Å². The summed E-state index contributed by atoms with van der Waals surface area (Å²) in [6.07, 6.45) is 6.28. The minimum absolute atomic E-state index is 0.0935. The Morgan fingerprint density at radius 1 is 1.16 bits per heavy atom. The van der Waals surface area contributed by atoms with Crippen molar-refractivity contribution in [3.8, 4) is 12.3 Å². The van der Waals surface area contributed by atoms with Crippen molar-refractivity contribution < 1.29 is 31.5 Å². The van der Waals surface area contributed by atoms with E-state index >= 15 is 8.78 Å². The molecular formula is C26H27F2N3O5S. The Morgan fingerprint density at radius 2 is 1.84 bits per heavy atom. The molecule has 0 aliphatic carbocycles. The van der Waals surface area contributed by atoms with Crippen molar-refractivity contribution in [3.05, 3.63) is 70.8 Å². The van der Waals surface area contributed by atoms with E-state index in [4.69, 9.17) is 16.9 Å². The molecule has 196 valence electrons. The Morgan fingerprint density at radius 3 is 2.43 bits per heavy atom. The number of amides is 2. The summed E-state index contributed by atoms with van der Waals surface area (Å²) < 4.78 is 64.4. The number of carbonyl (C=O) groups excluding carboxylic acids is 2. The van der Waals surface area contributed by atoms with Crippen molar-refractivity contribution in [2.75, 3.05) is 19.7 Å². The molecule has 0 saturated carbocycles. The highest BCUT2D eigenvalue weighted by atomic mass is 32.2. The van der Waals surface area contributed by atoms with Crippen molar-refractivity contribution in [1.29, 1.82) is 0 Å². The lowest BCUT2D eigenvalue weighted by atomic mass is 9.84. The molecule has 37 heavy (non-hydrogen) atoms. The number of primary amides is 1. The maximum Gasteiger partial charge on any atom is 0.243 e. The summed E-state index contributed by atoms with van der Waals surface area (Å²) in [5.74, 6) is -0.368. The fourth-order valence-electron chi connectivity index (χ4n) is 4.88. The maximum absolute atomic E-state index is 15.4. The van der Waals surface area contributed by atoms with E-state index in [1.54, 1.807) is 30.3 Å². The van der Waals surface area contributed by atoms with Crippen molar-refractivity contribution in [2.45, 2.75) is 43.2 Å². The third-order valence-corrected chi connectivity index (χ3v) is 9.15. The second-order valence-corrected chi connectivity index (χ2v) is 11.4. The first-order valence-electron chi connectivity index (χ1n) is 11.7. The summed E-state index contributed by atoms with van der Waals surface area (Å²) in [4.78, 5) is 24.3. The van der Waals surface area contributed by atoms with Crippen LogP contribution < -0.4 is 5.73 Å². The average molecular weight is 532 g/mol. The highest BCUT2D eigenvalue weighted by Crippen LogP contribution is 2.40. The van der Waals surface area contributed by atoms with Crippen LogP contribution in [0.25, 0.3) is 0 Å². The number of nitrogens with two attached hydrogens (primary N) is 1. The smallest absolute Gasteiger partial charge is 0.243 e. The van der Waals surface area contributed by atoms with Crippen LogP contribution in [0.4, 0.5) is 8.78 Å². The summed E-state index contributed by atoms with van der Waals surface area (Å²) >= 11 is 0. The van der Waals surface area contributed by atoms with Crippen LogP contribution in [0.1, 0.15) is 41.7 Å². The van der Waals surface area contributed by atoms with Crippen molar-refractivity contribution in [3.63, 3.8) is 0 Å². The molecule has 4 rings (SSSR count). The normalized spacial score (nSPS) is 22.6. The molecule has 0 radical (unpaired) electrons. The number of hydrogen-bond acceptors (Lipinski definition) is 5. The monoisotopic (exact) mass is 531 g/mol. The SMILES string of the molecule is C#C[C@H]1CC[C@H](c2ccccc2)S(=O)(=O)N1Cc1cc(F)c(C2(OCC(N)=O)CN(C(C)=O)C2)cc1F. The van der Waals surface area contributed by atoms with Gasteiger partial charge in [0.2, 0.25) is 21.8 Å². The predicted octanol–water partition coefficient (Wildman–Crippen LogP) is 2.19. The highest BCUT2D eigenvalue weighted by molar-refractivity contribution is 7.89. The van der Waals surface area contributed by atoms with Gasteiger partial charge in [0.25, 0.3) is 0 Å². The first-order valence-corrected chi connectivity index (χ1v) is 13.2. The zero-order valence-corrected chi connectivity index (χ0v) is 21.0. The van der Waals surface area contributed by atoms with Gasteiger partial charge in [-0.3, -0.25) is 9.59 Å². The Bertz CT molecular complexity index is 1350. The Labute approximate surface area is 214 Å². The fourth-order valence-corrected chi connectivity index (χ4v) is 6.99. The van der Waals surface area contributed by atoms with E-state index in [1.165, 1.54) is 11.8 Å². The number of benzene rings is 2. The molecule has 0 unspecified atom stereocenters. The molecule has 2 atom stereocenters. The molecule has 2 saturated heterocycles. The number of terminal acetylenes is 1. The van der Waals surface area contributed by atoms with Crippen molar-refractivity contribution in [1.82, 2.24) is 9.21 Å². The van der Waals surface area contributed by atoms with Gasteiger partial charge in [0, 0.05) is 24.6 Å². The molecule has 0 bridgehead atoms. The highest BCUT2D eigenvalue weighted by Gasteiger charge is 2.49. The van der Waals surface area contributed by atoms with Crippen LogP contribution in [-0.2, 0) is 36.5 Å². The van der Waals surface area contributed by atoms with E-state index < -0.39 is 57.6 Å². The van der Waals surface area contributed by atoms with Crippen molar-refractivity contribution in [2.24, 2.45) is 5.73 Å². The topological polar surface area (TPSA) is 110 Å². The number of carbonyl (C=O) groups is 2. The summed E-state index contributed by atoms with van der Waals surface area (Å²) in [7, 11) is -3.99. The Kier molecular flexibility index (Phi) is 7.37. The third-order valence-electron chi connectivity index (χ3n) is 6.88. The van der Waals surface area contributed by atoms with Gasteiger partial charge in [-0.2, -0.15) is 4.31 Å². The van der Waals surface area contributed by atoms with Gasteiger partial charge in [0.05, 0.1) is 19.1 Å². The van der Waals surface area contributed by atoms with Crippen LogP contribution in [0.2, 0.25) is 0 Å². The zero-order chi connectivity index (χ0) is 27.0. The minimum Gasteiger partial charge on any atom is -0.368 e. The number of likely N-dealkylation sites (tertiary alicyclic amines) is 1. The van der Waals surface area contributed by atoms with Gasteiger partial charge >= 0.3 is 0 Å². The van der Waals surface area contributed by atoms with Gasteiger partial charge in [-0.15, -0.1) is 6.42 Å². The first-order chi connectivity index (χ1) is 17.5. The van der Waals surface area contributed by atoms with Gasteiger partial charge in [0.15, 0.2) is 0 Å². The van der Waals surface area contributed by atoms with E-state index in [-0.39, 0.29) is 30.1 Å². The van der Waals surface area contributed by atoms with Crippen LogP contribution in [-0.4, -0.2) is 55.2 Å². The summed E-state index contributed by atoms with van der Waals surface area (Å²) in [6.45, 7) is 0.124. The Hall–Kier alpha value is -3.33. The zero-order valence-electron chi connectivity index (χ0n) is 20.2. The molecule has 8 nitrogen and oxygen atoms in total. The molecule has 2 aliphatic heterocycles. The lowest BCUT2D eigenvalue weighted by molar-refractivity contribution is -0.174. The summed E-state index contributed by atoms with van der Waals surface area (Å²) in [5.41, 5.74) is 3.91. The molecule has 2 aliphatic rings. The second-order valence-electron chi connectivity index (χ2n) is 9.30. The molecule has 0 spiro atoms. The quantitative estimate of drug-likeness (QED) is 0.551. The first kappa shape index (κ1) is 26.7. The fraction of sp³-hybridized carbons (Fsp3) is 0.385. The van der Waals surface area contributed by atoms with Crippen LogP contribution >= 0.6 is 0 Å². The number of ether oxygens (including phenoxy) is 1. The molecule has 2 amide bonds. The Balaban J connectivity index is 1.66. The molecule has 2 aromatic carbocycles. The van der Waals surface area contributed by atoms with Crippen molar-refractivity contribution >= 4 is 21.8 Å². The molecule has 0 aromatic heterocycles. The predicted molar refractivity (Wildman–Crippen MR) is 131 cm³/mol. The second kappa shape index (κ2) is 10.2. The largest absolute Gasteiger partial charge is 0.368 e. The van der Waals surface area contributed by atoms with Crippen LogP contribution in [0, 0.1) is 24.0 Å². The minimum atomic E-state index is -3.99. The van der Waals surface area contributed by atoms with E-state index in [9.17, 15) is 18.0 Å². The summed E-state index contributed by atoms with van der Waals surface area (Å²) in [5, 5.41) is -0.858. The number of hydrogen-bond donors (Lipinski definition) is 1.